The lowest BCUT2D eigenvalue weighted by atomic mass is 10.0. The van der Waals surface area contributed by atoms with Gasteiger partial charge in [-0.15, -0.1) is 0 Å². The average molecular weight is 395 g/mol. The molecule has 2 aliphatic rings. The van der Waals surface area contributed by atoms with E-state index in [9.17, 15) is 4.79 Å². The van der Waals surface area contributed by atoms with Crippen LogP contribution in [0.5, 0.6) is 11.5 Å². The van der Waals surface area contributed by atoms with Crippen molar-refractivity contribution in [3.63, 3.8) is 0 Å². The number of carbonyl (C=O) groups is 1. The van der Waals surface area contributed by atoms with Crippen molar-refractivity contribution < 1.29 is 14.3 Å². The first-order valence-electron chi connectivity index (χ1n) is 10.6. The van der Waals surface area contributed by atoms with E-state index in [1.165, 1.54) is 29.5 Å². The zero-order valence-electron chi connectivity index (χ0n) is 17.2. The minimum Gasteiger partial charge on any atom is -0.497 e. The van der Waals surface area contributed by atoms with Crippen LogP contribution in [0.15, 0.2) is 42.5 Å². The molecule has 0 bridgehead atoms. The summed E-state index contributed by atoms with van der Waals surface area (Å²) in [5.74, 6) is 2.72. The second-order valence-corrected chi connectivity index (χ2v) is 8.10. The number of fused-ring (bicyclic) bond motifs is 1. The number of carbonyl (C=O) groups excluding carboxylic acids is 1. The third-order valence-corrected chi connectivity index (χ3v) is 5.65. The number of nitrogens with zero attached hydrogens (tertiary/aromatic N) is 1. The van der Waals surface area contributed by atoms with E-state index in [0.29, 0.717) is 13.0 Å². The van der Waals surface area contributed by atoms with E-state index in [2.05, 4.69) is 40.5 Å². The van der Waals surface area contributed by atoms with Gasteiger partial charge in [0.05, 0.1) is 7.11 Å². The summed E-state index contributed by atoms with van der Waals surface area (Å²) in [6.07, 6.45) is 3.83. The van der Waals surface area contributed by atoms with Crippen LogP contribution in [0, 0.1) is 5.92 Å². The largest absolute Gasteiger partial charge is 0.497 e. The van der Waals surface area contributed by atoms with E-state index in [0.717, 1.165) is 50.0 Å². The van der Waals surface area contributed by atoms with Crippen molar-refractivity contribution in [1.29, 1.82) is 0 Å². The van der Waals surface area contributed by atoms with Gasteiger partial charge in [0.1, 0.15) is 18.1 Å². The number of hydrogen-bond acceptors (Lipinski definition) is 4. The highest BCUT2D eigenvalue weighted by atomic mass is 16.5. The molecule has 5 heteroatoms. The first-order valence-corrected chi connectivity index (χ1v) is 10.6. The zero-order chi connectivity index (χ0) is 20.1. The molecular formula is C24H30N2O3. The van der Waals surface area contributed by atoms with Crippen LogP contribution in [-0.2, 0) is 24.3 Å². The Bertz CT molecular complexity index is 848. The first-order chi connectivity index (χ1) is 14.2. The summed E-state index contributed by atoms with van der Waals surface area (Å²) in [7, 11) is 1.70. The molecule has 2 aromatic carbocycles. The highest BCUT2D eigenvalue weighted by Crippen LogP contribution is 2.28. The van der Waals surface area contributed by atoms with Crippen LogP contribution in [0.3, 0.4) is 0 Å². The predicted octanol–water partition coefficient (Wildman–Crippen LogP) is 3.55. The quantitative estimate of drug-likeness (QED) is 0.744. The lowest BCUT2D eigenvalue weighted by Crippen LogP contribution is -2.25. The number of hydrogen-bond donors (Lipinski definition) is 1. The van der Waals surface area contributed by atoms with Gasteiger partial charge in [-0.1, -0.05) is 24.3 Å². The SMILES string of the molecule is COc1cccc(CN2CCOc3ccc(CCC(=O)NCC4CC4)cc3C2)c1. The Kier molecular flexibility index (Phi) is 6.35. The molecule has 1 aliphatic heterocycles. The minimum atomic E-state index is 0.155. The van der Waals surface area contributed by atoms with Gasteiger partial charge in [-0.25, -0.2) is 0 Å². The lowest BCUT2D eigenvalue weighted by molar-refractivity contribution is -0.121. The lowest BCUT2D eigenvalue weighted by Gasteiger charge is -2.20. The number of amides is 1. The molecule has 0 atom stereocenters. The van der Waals surface area contributed by atoms with Crippen molar-refractivity contribution in [1.82, 2.24) is 10.2 Å². The van der Waals surface area contributed by atoms with Crippen LogP contribution in [0.4, 0.5) is 0 Å². The van der Waals surface area contributed by atoms with E-state index in [1.807, 2.05) is 12.1 Å². The van der Waals surface area contributed by atoms with Gasteiger partial charge in [-0.2, -0.15) is 0 Å². The third kappa shape index (κ3) is 5.73. The second-order valence-electron chi connectivity index (χ2n) is 8.10. The highest BCUT2D eigenvalue weighted by molar-refractivity contribution is 5.76. The molecule has 0 saturated heterocycles. The van der Waals surface area contributed by atoms with Gasteiger partial charge in [0.15, 0.2) is 0 Å². The summed E-state index contributed by atoms with van der Waals surface area (Å²) in [5.41, 5.74) is 3.62. The number of aryl methyl sites for hydroxylation is 1. The Morgan fingerprint density at radius 3 is 2.93 bits per heavy atom. The van der Waals surface area contributed by atoms with Gasteiger partial charge < -0.3 is 14.8 Å². The topological polar surface area (TPSA) is 50.8 Å². The molecule has 1 aliphatic carbocycles. The molecule has 2 aromatic rings. The smallest absolute Gasteiger partial charge is 0.220 e. The van der Waals surface area contributed by atoms with Crippen LogP contribution in [0.1, 0.15) is 36.0 Å². The van der Waals surface area contributed by atoms with Gasteiger partial charge in [0, 0.05) is 38.2 Å². The molecule has 0 unspecified atom stereocenters. The van der Waals surface area contributed by atoms with E-state index in [4.69, 9.17) is 9.47 Å². The van der Waals surface area contributed by atoms with Crippen LogP contribution in [0.2, 0.25) is 0 Å². The maximum absolute atomic E-state index is 12.0. The normalized spacial score (nSPS) is 16.4. The fourth-order valence-corrected chi connectivity index (χ4v) is 3.75. The predicted molar refractivity (Wildman–Crippen MR) is 113 cm³/mol. The number of nitrogens with one attached hydrogen (secondary N) is 1. The molecule has 1 saturated carbocycles. The summed E-state index contributed by atoms with van der Waals surface area (Å²) in [6.45, 7) is 4.10. The molecular weight excluding hydrogens is 364 g/mol. The highest BCUT2D eigenvalue weighted by Gasteiger charge is 2.21. The molecule has 154 valence electrons. The molecule has 5 nitrogen and oxygen atoms in total. The van der Waals surface area contributed by atoms with E-state index in [1.54, 1.807) is 7.11 Å². The Balaban J connectivity index is 1.36. The van der Waals surface area contributed by atoms with Gasteiger partial charge in [-0.3, -0.25) is 9.69 Å². The van der Waals surface area contributed by atoms with Crippen LogP contribution >= 0.6 is 0 Å². The Labute approximate surface area is 173 Å². The van der Waals surface area contributed by atoms with Crippen molar-refractivity contribution in [3.8, 4) is 11.5 Å². The molecule has 1 fully saturated rings. The average Bonchev–Trinajstić information content (AvgIpc) is 3.57. The molecule has 29 heavy (non-hydrogen) atoms. The Morgan fingerprint density at radius 1 is 1.21 bits per heavy atom. The number of rotatable bonds is 8. The number of ether oxygens (including phenoxy) is 2. The van der Waals surface area contributed by atoms with Crippen molar-refractivity contribution in [2.45, 2.75) is 38.8 Å². The van der Waals surface area contributed by atoms with Crippen LogP contribution < -0.4 is 14.8 Å². The molecule has 4 rings (SSSR count). The van der Waals surface area contributed by atoms with Gasteiger partial charge in [0.2, 0.25) is 5.91 Å². The fourth-order valence-electron chi connectivity index (χ4n) is 3.75. The Morgan fingerprint density at radius 2 is 2.10 bits per heavy atom. The maximum atomic E-state index is 12.0. The molecule has 1 heterocycles. The summed E-state index contributed by atoms with van der Waals surface area (Å²) in [5, 5.41) is 3.05. The Hall–Kier alpha value is -2.53. The van der Waals surface area contributed by atoms with Crippen molar-refractivity contribution in [3.05, 3.63) is 59.2 Å². The summed E-state index contributed by atoms with van der Waals surface area (Å²) in [6, 6.07) is 14.6. The minimum absolute atomic E-state index is 0.155. The van der Waals surface area contributed by atoms with Crippen molar-refractivity contribution in [2.75, 3.05) is 26.8 Å². The van der Waals surface area contributed by atoms with Gasteiger partial charge in [0.25, 0.3) is 0 Å². The monoisotopic (exact) mass is 394 g/mol. The second kappa shape index (κ2) is 9.31. The molecule has 1 N–H and O–H groups in total. The number of methoxy groups -OCH3 is 1. The van der Waals surface area contributed by atoms with Crippen LogP contribution in [0.25, 0.3) is 0 Å². The fraction of sp³-hybridized carbons (Fsp3) is 0.458. The van der Waals surface area contributed by atoms with Gasteiger partial charge in [-0.05, 0) is 54.5 Å². The summed E-state index contributed by atoms with van der Waals surface area (Å²) in [4.78, 5) is 14.4. The van der Waals surface area contributed by atoms with Gasteiger partial charge >= 0.3 is 0 Å². The summed E-state index contributed by atoms with van der Waals surface area (Å²) < 4.78 is 11.3. The third-order valence-electron chi connectivity index (χ3n) is 5.65. The molecule has 1 amide bonds. The van der Waals surface area contributed by atoms with Crippen molar-refractivity contribution in [2.24, 2.45) is 5.92 Å². The summed E-state index contributed by atoms with van der Waals surface area (Å²) >= 11 is 0. The number of benzene rings is 2. The van der Waals surface area contributed by atoms with E-state index < -0.39 is 0 Å². The standard InChI is InChI=1S/C24H30N2O3/c1-28-22-4-2-3-20(14-22)16-26-11-12-29-23-9-7-18(13-21(23)17-26)8-10-24(27)25-15-19-5-6-19/h2-4,7,9,13-14,19H,5-6,8,10-12,15-17H2,1H3,(H,25,27). The zero-order valence-corrected chi connectivity index (χ0v) is 17.2. The molecule has 0 spiro atoms. The van der Waals surface area contributed by atoms with Crippen molar-refractivity contribution >= 4 is 5.91 Å². The molecule has 0 aromatic heterocycles. The van der Waals surface area contributed by atoms with E-state index >= 15 is 0 Å². The van der Waals surface area contributed by atoms with Crippen LogP contribution in [-0.4, -0.2) is 37.6 Å². The maximum Gasteiger partial charge on any atom is 0.220 e. The van der Waals surface area contributed by atoms with E-state index in [-0.39, 0.29) is 5.91 Å². The molecule has 0 radical (unpaired) electrons. The first kappa shape index (κ1) is 19.8.